The molecule has 2 heterocycles. The number of amides is 4. The number of nitrogens with one attached hydrogen (secondary N) is 2. The number of carbonyl (C=O) groups excluding carboxylic acids is 3. The zero-order valence-electron chi connectivity index (χ0n) is 16.6. The number of nitrogens with zero attached hydrogens (tertiary/aromatic N) is 1. The van der Waals surface area contributed by atoms with Crippen molar-refractivity contribution in [3.63, 3.8) is 0 Å². The van der Waals surface area contributed by atoms with Crippen molar-refractivity contribution in [1.82, 2.24) is 10.2 Å². The van der Waals surface area contributed by atoms with Crippen molar-refractivity contribution in [3.8, 4) is 17.2 Å². The summed E-state index contributed by atoms with van der Waals surface area (Å²) >= 11 is 0. The Morgan fingerprint density at radius 1 is 1.17 bits per heavy atom. The van der Waals surface area contributed by atoms with Gasteiger partial charge in [0.2, 0.25) is 12.7 Å². The van der Waals surface area contributed by atoms with E-state index in [0.29, 0.717) is 22.9 Å². The van der Waals surface area contributed by atoms with E-state index in [9.17, 15) is 14.4 Å². The highest BCUT2D eigenvalue weighted by atomic mass is 16.7. The summed E-state index contributed by atoms with van der Waals surface area (Å²) in [4.78, 5) is 38.6. The van der Waals surface area contributed by atoms with Gasteiger partial charge in [-0.05, 0) is 48.9 Å². The molecule has 0 aromatic heterocycles. The molecule has 0 aliphatic carbocycles. The molecule has 1 saturated heterocycles. The number of hydrogen-bond acceptors (Lipinski definition) is 6. The summed E-state index contributed by atoms with van der Waals surface area (Å²) in [7, 11) is 1.55. The molecule has 1 fully saturated rings. The number of methoxy groups -OCH3 is 1. The molecule has 2 aromatic carbocycles. The maximum atomic E-state index is 12.9. The molecule has 2 N–H and O–H groups in total. The maximum Gasteiger partial charge on any atom is 0.325 e. The lowest BCUT2D eigenvalue weighted by Gasteiger charge is -2.22. The third-order valence-electron chi connectivity index (χ3n) is 5.02. The van der Waals surface area contributed by atoms with E-state index < -0.39 is 23.4 Å². The number of hydrogen-bond donors (Lipinski definition) is 2. The second-order valence-electron chi connectivity index (χ2n) is 7.29. The van der Waals surface area contributed by atoms with E-state index in [1.807, 2.05) is 6.07 Å². The predicted molar refractivity (Wildman–Crippen MR) is 107 cm³/mol. The number of fused-ring (bicyclic) bond motifs is 1. The zero-order chi connectivity index (χ0) is 21.3. The average Bonchev–Trinajstić information content (AvgIpc) is 3.26. The summed E-state index contributed by atoms with van der Waals surface area (Å²) < 4.78 is 15.7. The molecule has 0 unspecified atom stereocenters. The van der Waals surface area contributed by atoms with Crippen LogP contribution in [-0.4, -0.2) is 48.7 Å². The molecular formula is C21H21N3O6. The minimum atomic E-state index is -1.16. The summed E-state index contributed by atoms with van der Waals surface area (Å²) in [5.74, 6) is 0.957. The van der Waals surface area contributed by atoms with Crippen LogP contribution in [0.15, 0.2) is 42.5 Å². The summed E-state index contributed by atoms with van der Waals surface area (Å²) in [6.07, 6.45) is 0.255. The van der Waals surface area contributed by atoms with Crippen LogP contribution in [0.25, 0.3) is 0 Å². The van der Waals surface area contributed by atoms with Gasteiger partial charge in [-0.1, -0.05) is 6.07 Å². The molecule has 0 saturated carbocycles. The quantitative estimate of drug-likeness (QED) is 0.704. The summed E-state index contributed by atoms with van der Waals surface area (Å²) in [6.45, 7) is 1.41. The third-order valence-corrected chi connectivity index (χ3v) is 5.02. The molecule has 2 aromatic rings. The van der Waals surface area contributed by atoms with Crippen LogP contribution in [0.1, 0.15) is 12.5 Å². The fourth-order valence-corrected chi connectivity index (χ4v) is 3.49. The lowest BCUT2D eigenvalue weighted by molar-refractivity contribution is -0.133. The molecule has 0 spiro atoms. The molecule has 30 heavy (non-hydrogen) atoms. The Hall–Kier alpha value is -3.75. The van der Waals surface area contributed by atoms with Gasteiger partial charge < -0.3 is 24.8 Å². The Balaban J connectivity index is 1.41. The number of benzene rings is 2. The van der Waals surface area contributed by atoms with Gasteiger partial charge in [-0.25, -0.2) is 4.79 Å². The van der Waals surface area contributed by atoms with Gasteiger partial charge in [-0.2, -0.15) is 0 Å². The second kappa shape index (κ2) is 7.58. The molecule has 2 aliphatic rings. The Labute approximate surface area is 172 Å². The van der Waals surface area contributed by atoms with E-state index in [0.717, 1.165) is 10.5 Å². The molecule has 9 nitrogen and oxygen atoms in total. The topological polar surface area (TPSA) is 106 Å². The van der Waals surface area contributed by atoms with Crippen LogP contribution in [0, 0.1) is 0 Å². The number of anilines is 1. The first kappa shape index (κ1) is 19.6. The number of carbonyl (C=O) groups is 3. The Morgan fingerprint density at radius 3 is 2.63 bits per heavy atom. The Kier molecular flexibility index (Phi) is 4.94. The molecule has 156 valence electrons. The fraction of sp³-hybridized carbons (Fsp3) is 0.286. The highest BCUT2D eigenvalue weighted by molar-refractivity contribution is 6.10. The first-order valence-electron chi connectivity index (χ1n) is 9.34. The highest BCUT2D eigenvalue weighted by Crippen LogP contribution is 2.34. The van der Waals surface area contributed by atoms with Gasteiger partial charge in [-0.15, -0.1) is 0 Å². The van der Waals surface area contributed by atoms with Crippen molar-refractivity contribution < 1.29 is 28.6 Å². The zero-order valence-corrected chi connectivity index (χ0v) is 16.6. The standard InChI is InChI=1S/C21H21N3O6/c1-21(10-13-3-8-16-17(9-13)30-12-29-16)19(26)24(20(27)23-21)11-18(25)22-14-4-6-15(28-2)7-5-14/h3-9H,10-12H2,1-2H3,(H,22,25)(H,23,27)/t21-/m1/s1. The molecule has 1 atom stereocenters. The minimum Gasteiger partial charge on any atom is -0.497 e. The van der Waals surface area contributed by atoms with Crippen LogP contribution in [0.2, 0.25) is 0 Å². The number of rotatable bonds is 6. The first-order valence-corrected chi connectivity index (χ1v) is 9.34. The lowest BCUT2D eigenvalue weighted by atomic mass is 9.92. The average molecular weight is 411 g/mol. The molecular weight excluding hydrogens is 390 g/mol. The summed E-state index contributed by atoms with van der Waals surface area (Å²) in [6, 6.07) is 11.5. The number of ether oxygens (including phenoxy) is 3. The van der Waals surface area contributed by atoms with Crippen molar-refractivity contribution in [3.05, 3.63) is 48.0 Å². The van der Waals surface area contributed by atoms with Crippen LogP contribution in [0.4, 0.5) is 10.5 Å². The Bertz CT molecular complexity index is 1010. The van der Waals surface area contributed by atoms with Crippen LogP contribution < -0.4 is 24.8 Å². The van der Waals surface area contributed by atoms with Gasteiger partial charge in [-0.3, -0.25) is 14.5 Å². The summed E-state index contributed by atoms with van der Waals surface area (Å²) in [5.41, 5.74) is 0.182. The molecule has 4 amide bonds. The number of imide groups is 1. The summed E-state index contributed by atoms with van der Waals surface area (Å²) in [5, 5.41) is 5.37. The van der Waals surface area contributed by atoms with Crippen LogP contribution in [-0.2, 0) is 16.0 Å². The Morgan fingerprint density at radius 2 is 1.90 bits per heavy atom. The highest BCUT2D eigenvalue weighted by Gasteiger charge is 2.48. The van der Waals surface area contributed by atoms with Crippen LogP contribution in [0.3, 0.4) is 0 Å². The van der Waals surface area contributed by atoms with E-state index >= 15 is 0 Å². The van der Waals surface area contributed by atoms with Crippen molar-refractivity contribution in [2.75, 3.05) is 25.8 Å². The fourth-order valence-electron chi connectivity index (χ4n) is 3.49. The van der Waals surface area contributed by atoms with E-state index in [1.54, 1.807) is 50.4 Å². The van der Waals surface area contributed by atoms with E-state index in [2.05, 4.69) is 10.6 Å². The molecule has 0 radical (unpaired) electrons. The van der Waals surface area contributed by atoms with Gasteiger partial charge in [0.05, 0.1) is 7.11 Å². The molecule has 9 heteroatoms. The van der Waals surface area contributed by atoms with Gasteiger partial charge in [0.1, 0.15) is 17.8 Å². The van der Waals surface area contributed by atoms with E-state index in [4.69, 9.17) is 14.2 Å². The van der Waals surface area contributed by atoms with Gasteiger partial charge in [0.25, 0.3) is 5.91 Å². The number of urea groups is 1. The van der Waals surface area contributed by atoms with Gasteiger partial charge in [0, 0.05) is 12.1 Å². The van der Waals surface area contributed by atoms with Crippen molar-refractivity contribution in [1.29, 1.82) is 0 Å². The van der Waals surface area contributed by atoms with Crippen LogP contribution >= 0.6 is 0 Å². The molecule has 0 bridgehead atoms. The third kappa shape index (κ3) is 3.73. The molecule has 4 rings (SSSR count). The van der Waals surface area contributed by atoms with Gasteiger partial charge in [0.15, 0.2) is 11.5 Å². The van der Waals surface area contributed by atoms with E-state index in [-0.39, 0.29) is 19.8 Å². The van der Waals surface area contributed by atoms with E-state index in [1.165, 1.54) is 0 Å². The smallest absolute Gasteiger partial charge is 0.325 e. The monoisotopic (exact) mass is 411 g/mol. The second-order valence-corrected chi connectivity index (χ2v) is 7.29. The first-order chi connectivity index (χ1) is 14.4. The minimum absolute atomic E-state index is 0.156. The SMILES string of the molecule is COc1ccc(NC(=O)CN2C(=O)N[C@](C)(Cc3ccc4c(c3)OCO4)C2=O)cc1. The van der Waals surface area contributed by atoms with Crippen LogP contribution in [0.5, 0.6) is 17.2 Å². The predicted octanol–water partition coefficient (Wildman–Crippen LogP) is 1.92. The lowest BCUT2D eigenvalue weighted by Crippen LogP contribution is -2.46. The normalized spacial score (nSPS) is 19.6. The van der Waals surface area contributed by atoms with Crippen molar-refractivity contribution in [2.24, 2.45) is 0 Å². The molecule has 2 aliphatic heterocycles. The largest absolute Gasteiger partial charge is 0.497 e. The van der Waals surface area contributed by atoms with Gasteiger partial charge >= 0.3 is 6.03 Å². The maximum absolute atomic E-state index is 12.9. The van der Waals surface area contributed by atoms with Crippen molar-refractivity contribution in [2.45, 2.75) is 18.9 Å². The van der Waals surface area contributed by atoms with Crippen molar-refractivity contribution >= 4 is 23.5 Å².